The average Bonchev–Trinajstić information content (AvgIpc) is 3.70. The minimum Gasteiger partial charge on any atom is -0.457 e. The Balaban J connectivity index is 1.52. The van der Waals surface area contributed by atoms with Crippen LogP contribution < -0.4 is 16.0 Å². The van der Waals surface area contributed by atoms with Gasteiger partial charge in [-0.3, -0.25) is 29.2 Å². The van der Waals surface area contributed by atoms with Gasteiger partial charge in [-0.2, -0.15) is 8.42 Å². The van der Waals surface area contributed by atoms with Crippen molar-refractivity contribution in [3.8, 4) is 0 Å². The monoisotopic (exact) mass is 827 g/mol. The van der Waals surface area contributed by atoms with Gasteiger partial charge in [-0.05, 0) is 62.4 Å². The van der Waals surface area contributed by atoms with Crippen LogP contribution in [0, 0.1) is 0 Å². The van der Waals surface area contributed by atoms with Gasteiger partial charge < -0.3 is 29.8 Å². The zero-order chi connectivity index (χ0) is 41.8. The molecule has 24 heteroatoms. The van der Waals surface area contributed by atoms with Crippen molar-refractivity contribution in [3.05, 3.63) is 23.0 Å². The standard InChI is InChI=1S/C32H49N11O11S2/c1-30(2,3)52-27(47)32(7,8)54-38-23(20-18-55-28(34-20)36-29(48)53-31(4,5)6)25(45)35-24-21(43(26(24)46)56(49,50)51)16-42-15-19(37-39-42)14-33-22(44)17-41-12-10-40(9)11-13-41/h15,18,21,24H,10-14,16-17H2,1-9H3,(H,33,44)(H,35,45)(H,34,36,48)(H,49,50,51)/b38-23+/t21-,24+/m1/s1. The lowest BCUT2D eigenvalue weighted by molar-refractivity contribution is -0.179. The summed E-state index contributed by atoms with van der Waals surface area (Å²) in [7, 11) is -3.09. The number of likely N-dealkylation sites (N-methyl/N-ethyl adjacent to an activating group) is 1. The Kier molecular flexibility index (Phi) is 13.5. The average molecular weight is 828 g/mol. The topological polar surface area (TPSA) is 269 Å². The van der Waals surface area contributed by atoms with Crippen LogP contribution in [0.15, 0.2) is 16.7 Å². The molecule has 2 aromatic heterocycles. The Labute approximate surface area is 328 Å². The Bertz CT molecular complexity index is 1930. The molecule has 0 unspecified atom stereocenters. The fourth-order valence-electron chi connectivity index (χ4n) is 5.14. The summed E-state index contributed by atoms with van der Waals surface area (Å²) in [4.78, 5) is 78.6. The molecule has 2 aromatic rings. The van der Waals surface area contributed by atoms with Crippen molar-refractivity contribution in [1.82, 2.24) is 44.7 Å². The minimum absolute atomic E-state index is 0.00574. The number of nitrogens with one attached hydrogen (secondary N) is 3. The Morgan fingerprint density at radius 3 is 2.27 bits per heavy atom. The van der Waals surface area contributed by atoms with Gasteiger partial charge in [-0.15, -0.1) is 16.4 Å². The molecule has 4 rings (SSSR count). The van der Waals surface area contributed by atoms with Gasteiger partial charge in [-0.25, -0.2) is 23.6 Å². The number of ether oxygens (including phenoxy) is 2. The first-order valence-electron chi connectivity index (χ1n) is 17.4. The van der Waals surface area contributed by atoms with Gasteiger partial charge in [0, 0.05) is 31.6 Å². The van der Waals surface area contributed by atoms with Gasteiger partial charge in [-0.1, -0.05) is 10.4 Å². The highest BCUT2D eigenvalue weighted by atomic mass is 32.2. The molecule has 2 atom stereocenters. The van der Waals surface area contributed by atoms with E-state index in [2.05, 4.69) is 41.3 Å². The Morgan fingerprint density at radius 2 is 1.66 bits per heavy atom. The van der Waals surface area contributed by atoms with Crippen LogP contribution >= 0.6 is 11.3 Å². The number of carbonyl (C=O) groups excluding carboxylic acids is 5. The Hall–Kier alpha value is -4.78. The van der Waals surface area contributed by atoms with Crippen molar-refractivity contribution in [3.63, 3.8) is 0 Å². The molecule has 2 aliphatic heterocycles. The summed E-state index contributed by atoms with van der Waals surface area (Å²) in [6.45, 7) is 15.7. The number of thiazole rings is 1. The van der Waals surface area contributed by atoms with Crippen molar-refractivity contribution < 1.29 is 51.3 Å². The maximum absolute atomic E-state index is 13.8. The zero-order valence-corrected chi connectivity index (χ0v) is 34.3. The highest BCUT2D eigenvalue weighted by Crippen LogP contribution is 2.26. The van der Waals surface area contributed by atoms with Crippen molar-refractivity contribution in [2.24, 2.45) is 5.16 Å². The maximum atomic E-state index is 13.8. The quantitative estimate of drug-likeness (QED) is 0.0641. The van der Waals surface area contributed by atoms with Crippen molar-refractivity contribution >= 4 is 62.3 Å². The van der Waals surface area contributed by atoms with Gasteiger partial charge in [0.15, 0.2) is 10.8 Å². The van der Waals surface area contributed by atoms with E-state index >= 15 is 0 Å². The van der Waals surface area contributed by atoms with Gasteiger partial charge in [0.25, 0.3) is 11.8 Å². The molecule has 0 saturated carbocycles. The van der Waals surface area contributed by atoms with Crippen LogP contribution in [0.1, 0.15) is 66.8 Å². The summed E-state index contributed by atoms with van der Waals surface area (Å²) in [6.07, 6.45) is 0.578. The number of β-lactam (4-membered cyclic amide) rings is 1. The molecule has 2 saturated heterocycles. The predicted octanol–water partition coefficient (Wildman–Crippen LogP) is -0.0152. The van der Waals surface area contributed by atoms with Crippen molar-refractivity contribution in [2.45, 2.75) is 97.4 Å². The first-order valence-corrected chi connectivity index (χ1v) is 19.7. The SMILES string of the molecule is CN1CCN(CC(=O)NCc2cn(C[C@@H]3[C@H](NC(=O)/C(=N/OC(C)(C)C(=O)OC(C)(C)C)c4csc(NC(=O)OC(C)(C)C)n4)C(=O)N3S(=O)(=O)O)nn2)CC1. The normalized spacial score (nSPS) is 18.9. The van der Waals surface area contributed by atoms with E-state index < -0.39 is 68.8 Å². The number of esters is 1. The minimum atomic E-state index is -5.10. The van der Waals surface area contributed by atoms with Gasteiger partial charge >= 0.3 is 22.4 Å². The number of amides is 4. The molecule has 0 aromatic carbocycles. The number of hydrogen-bond donors (Lipinski definition) is 4. The van der Waals surface area contributed by atoms with Gasteiger partial charge in [0.1, 0.15) is 28.6 Å². The summed E-state index contributed by atoms with van der Waals surface area (Å²) < 4.78 is 46.4. The summed E-state index contributed by atoms with van der Waals surface area (Å²) in [5.41, 5.74) is -3.86. The smallest absolute Gasteiger partial charge is 0.413 e. The number of oxime groups is 1. The molecule has 310 valence electrons. The second kappa shape index (κ2) is 17.2. The molecule has 0 spiro atoms. The fraction of sp³-hybridized carbons (Fsp3) is 0.656. The lowest BCUT2D eigenvalue weighted by Crippen LogP contribution is -2.73. The Morgan fingerprint density at radius 1 is 1.02 bits per heavy atom. The number of hydrogen-bond acceptors (Lipinski definition) is 17. The molecular weight excluding hydrogens is 779 g/mol. The molecule has 56 heavy (non-hydrogen) atoms. The lowest BCUT2D eigenvalue weighted by Gasteiger charge is -2.43. The van der Waals surface area contributed by atoms with Crippen molar-refractivity contribution in [2.75, 3.05) is 45.1 Å². The molecule has 2 fully saturated rings. The third kappa shape index (κ3) is 12.4. The number of piperazine rings is 1. The van der Waals surface area contributed by atoms with E-state index in [0.717, 1.165) is 37.5 Å². The van der Waals surface area contributed by atoms with E-state index in [1.807, 2.05) is 11.9 Å². The molecule has 0 bridgehead atoms. The summed E-state index contributed by atoms with van der Waals surface area (Å²) >= 11 is 0.892. The highest BCUT2D eigenvalue weighted by molar-refractivity contribution is 7.84. The van der Waals surface area contributed by atoms with Crippen LogP contribution in [0.5, 0.6) is 0 Å². The maximum Gasteiger partial charge on any atom is 0.413 e. The van der Waals surface area contributed by atoms with Gasteiger partial charge in [0.05, 0.1) is 31.9 Å². The predicted molar refractivity (Wildman–Crippen MR) is 199 cm³/mol. The van der Waals surface area contributed by atoms with E-state index in [0.29, 0.717) is 5.69 Å². The number of rotatable bonds is 14. The van der Waals surface area contributed by atoms with Crippen LogP contribution in [0.25, 0.3) is 0 Å². The van der Waals surface area contributed by atoms with Crippen LogP contribution in [-0.2, 0) is 56.9 Å². The summed E-state index contributed by atoms with van der Waals surface area (Å²) in [5.74, 6) is -3.32. The third-order valence-corrected chi connectivity index (χ3v) is 9.63. The van der Waals surface area contributed by atoms with E-state index in [9.17, 15) is 36.9 Å². The lowest BCUT2D eigenvalue weighted by atomic mass is 9.98. The number of carbonyl (C=O) groups is 5. The molecule has 4 amide bonds. The first kappa shape index (κ1) is 43.9. The second-order valence-electron chi connectivity index (χ2n) is 15.6. The van der Waals surface area contributed by atoms with E-state index in [-0.39, 0.29) is 40.7 Å². The fourth-order valence-corrected chi connectivity index (χ4v) is 6.69. The molecule has 0 aliphatic carbocycles. The number of anilines is 1. The van der Waals surface area contributed by atoms with Crippen molar-refractivity contribution in [1.29, 1.82) is 0 Å². The number of aromatic nitrogens is 4. The molecule has 4 heterocycles. The molecule has 22 nitrogen and oxygen atoms in total. The van der Waals surface area contributed by atoms with Crippen LogP contribution in [0.2, 0.25) is 0 Å². The van der Waals surface area contributed by atoms with Crippen LogP contribution in [0.3, 0.4) is 0 Å². The van der Waals surface area contributed by atoms with E-state index in [1.165, 1.54) is 30.1 Å². The van der Waals surface area contributed by atoms with Crippen LogP contribution in [-0.4, -0.2) is 151 Å². The van der Waals surface area contributed by atoms with Gasteiger partial charge in [0.2, 0.25) is 11.5 Å². The molecular formula is C32H49N11O11S2. The molecule has 4 N–H and O–H groups in total. The van der Waals surface area contributed by atoms with E-state index in [4.69, 9.17) is 14.3 Å². The first-order chi connectivity index (χ1) is 25.8. The molecule has 0 radical (unpaired) electrons. The highest BCUT2D eigenvalue weighted by Gasteiger charge is 2.54. The third-order valence-electron chi connectivity index (χ3n) is 7.92. The second-order valence-corrected chi connectivity index (χ2v) is 17.8. The van der Waals surface area contributed by atoms with Crippen LogP contribution in [0.4, 0.5) is 9.93 Å². The zero-order valence-electron chi connectivity index (χ0n) is 32.7. The largest absolute Gasteiger partial charge is 0.457 e. The molecule has 2 aliphatic rings. The number of nitrogens with zero attached hydrogens (tertiary/aromatic N) is 8. The van der Waals surface area contributed by atoms with E-state index in [1.54, 1.807) is 41.5 Å². The summed E-state index contributed by atoms with van der Waals surface area (Å²) in [5, 5.41) is 20.8. The summed E-state index contributed by atoms with van der Waals surface area (Å²) in [6, 6.07) is -2.95.